The van der Waals surface area contributed by atoms with Gasteiger partial charge in [0.2, 0.25) is 0 Å². The molecule has 10 aromatic rings. The van der Waals surface area contributed by atoms with E-state index in [1.807, 2.05) is 48.5 Å². The van der Waals surface area contributed by atoms with Gasteiger partial charge in [0.1, 0.15) is 11.2 Å². The van der Waals surface area contributed by atoms with Gasteiger partial charge in [-0.1, -0.05) is 163 Å². The van der Waals surface area contributed by atoms with Crippen LogP contribution in [0.2, 0.25) is 0 Å². The molecule has 0 saturated carbocycles. The van der Waals surface area contributed by atoms with Gasteiger partial charge in [-0.2, -0.15) is 0 Å². The SMILES string of the molecule is CC(C)(C)c1ccc2c3ccc(C(C)(C)C)cc3n(-c3ccc(-c4cccc5oc6ccccc6c45)cc3-c3nc(-c4ccccc4)nc(-c4ccccc4)n3)c2c1. The van der Waals surface area contributed by atoms with Crippen molar-refractivity contribution in [2.24, 2.45) is 0 Å². The number of hydrogen-bond donors (Lipinski definition) is 0. The van der Waals surface area contributed by atoms with Crippen molar-refractivity contribution >= 4 is 43.7 Å². The van der Waals surface area contributed by atoms with Crippen LogP contribution >= 0.6 is 0 Å². The van der Waals surface area contributed by atoms with Gasteiger partial charge in [0.15, 0.2) is 17.5 Å². The van der Waals surface area contributed by atoms with Crippen LogP contribution in [0.5, 0.6) is 0 Å². The van der Waals surface area contributed by atoms with Gasteiger partial charge in [0.25, 0.3) is 0 Å². The lowest BCUT2D eigenvalue weighted by atomic mass is 9.86. The standard InChI is InChI=1S/C53H44N4O/c1-52(2,3)36-25-27-39-40-28-26-37(53(4,5)6)32-45(40)57(44(39)31-36)43-29-24-35(38-21-15-23-47-48(38)41-20-13-14-22-46(41)58-47)30-42(43)51-55-49(33-16-9-7-10-17-33)54-50(56-51)34-18-11-8-12-19-34/h7-32H,1-6H3. The maximum absolute atomic E-state index is 6.38. The largest absolute Gasteiger partial charge is 0.456 e. The number of rotatable bonds is 5. The summed E-state index contributed by atoms with van der Waals surface area (Å²) in [7, 11) is 0. The van der Waals surface area contributed by atoms with Crippen LogP contribution in [0.4, 0.5) is 0 Å². The number of furan rings is 1. The van der Waals surface area contributed by atoms with E-state index in [9.17, 15) is 0 Å². The van der Waals surface area contributed by atoms with Gasteiger partial charge in [0, 0.05) is 38.2 Å². The fourth-order valence-corrected chi connectivity index (χ4v) is 8.23. The van der Waals surface area contributed by atoms with Crippen molar-refractivity contribution in [3.63, 3.8) is 0 Å². The molecule has 0 aliphatic heterocycles. The number of benzene rings is 7. The molecule has 282 valence electrons. The highest BCUT2D eigenvalue weighted by atomic mass is 16.3. The highest BCUT2D eigenvalue weighted by Crippen LogP contribution is 2.43. The maximum atomic E-state index is 6.38. The molecule has 3 heterocycles. The highest BCUT2D eigenvalue weighted by molar-refractivity contribution is 6.13. The van der Waals surface area contributed by atoms with Gasteiger partial charge in [-0.3, -0.25) is 0 Å². The molecule has 10 rings (SSSR count). The Hall–Kier alpha value is -6.85. The molecular formula is C53H44N4O. The summed E-state index contributed by atoms with van der Waals surface area (Å²) in [6, 6.07) is 55.7. The molecule has 0 atom stereocenters. The maximum Gasteiger partial charge on any atom is 0.166 e. The van der Waals surface area contributed by atoms with E-state index >= 15 is 0 Å². The lowest BCUT2D eigenvalue weighted by Crippen LogP contribution is -2.11. The summed E-state index contributed by atoms with van der Waals surface area (Å²) < 4.78 is 8.82. The van der Waals surface area contributed by atoms with Crippen LogP contribution in [0.3, 0.4) is 0 Å². The molecule has 7 aromatic carbocycles. The Morgan fingerprint density at radius 1 is 0.414 bits per heavy atom. The summed E-state index contributed by atoms with van der Waals surface area (Å²) >= 11 is 0. The van der Waals surface area contributed by atoms with Gasteiger partial charge < -0.3 is 8.98 Å². The fraction of sp³-hybridized carbons (Fsp3) is 0.151. The Morgan fingerprint density at radius 2 is 0.948 bits per heavy atom. The monoisotopic (exact) mass is 752 g/mol. The molecule has 0 aliphatic carbocycles. The second kappa shape index (κ2) is 13.4. The summed E-state index contributed by atoms with van der Waals surface area (Å²) in [6.45, 7) is 13.7. The molecule has 0 bridgehead atoms. The molecule has 0 aliphatic rings. The quantitative estimate of drug-likeness (QED) is 0.176. The van der Waals surface area contributed by atoms with Crippen molar-refractivity contribution in [1.82, 2.24) is 19.5 Å². The van der Waals surface area contributed by atoms with Gasteiger partial charge in [-0.25, -0.2) is 15.0 Å². The van der Waals surface area contributed by atoms with E-state index in [0.29, 0.717) is 17.5 Å². The third kappa shape index (κ3) is 6.06. The zero-order chi connectivity index (χ0) is 39.8. The van der Waals surface area contributed by atoms with Crippen LogP contribution in [0.1, 0.15) is 52.7 Å². The zero-order valence-corrected chi connectivity index (χ0v) is 33.7. The molecule has 0 fully saturated rings. The number of para-hydroxylation sites is 1. The highest BCUT2D eigenvalue weighted by Gasteiger charge is 2.24. The Balaban J connectivity index is 1.33. The molecule has 0 unspecified atom stereocenters. The van der Waals surface area contributed by atoms with E-state index < -0.39 is 0 Å². The second-order valence-corrected chi connectivity index (χ2v) is 17.3. The second-order valence-electron chi connectivity index (χ2n) is 17.3. The molecule has 0 spiro atoms. The molecule has 0 N–H and O–H groups in total. The van der Waals surface area contributed by atoms with Gasteiger partial charge in [-0.15, -0.1) is 0 Å². The van der Waals surface area contributed by atoms with Gasteiger partial charge >= 0.3 is 0 Å². The number of fused-ring (bicyclic) bond motifs is 6. The molecule has 0 saturated heterocycles. The average molecular weight is 753 g/mol. The zero-order valence-electron chi connectivity index (χ0n) is 33.7. The van der Waals surface area contributed by atoms with Crippen molar-refractivity contribution in [3.8, 4) is 51.0 Å². The van der Waals surface area contributed by atoms with Crippen LogP contribution < -0.4 is 0 Å². The van der Waals surface area contributed by atoms with Gasteiger partial charge in [-0.05, 0) is 69.5 Å². The third-order valence-electron chi connectivity index (χ3n) is 11.4. The summed E-state index contributed by atoms with van der Waals surface area (Å²) in [6.07, 6.45) is 0. The predicted octanol–water partition coefficient (Wildman–Crippen LogP) is 14.1. The number of nitrogens with zero attached hydrogens (tertiary/aromatic N) is 4. The van der Waals surface area contributed by atoms with Crippen LogP contribution in [0.15, 0.2) is 162 Å². The predicted molar refractivity (Wildman–Crippen MR) is 241 cm³/mol. The first-order chi connectivity index (χ1) is 28.0. The normalized spacial score (nSPS) is 12.3. The van der Waals surface area contributed by atoms with Crippen LogP contribution in [-0.2, 0) is 10.8 Å². The summed E-state index contributed by atoms with van der Waals surface area (Å²) in [4.78, 5) is 15.7. The third-order valence-corrected chi connectivity index (χ3v) is 11.4. The van der Waals surface area contributed by atoms with Crippen molar-refractivity contribution in [3.05, 3.63) is 169 Å². The van der Waals surface area contributed by atoms with Crippen molar-refractivity contribution in [2.75, 3.05) is 0 Å². The Bertz CT molecular complexity index is 3050. The first-order valence-electron chi connectivity index (χ1n) is 20.0. The van der Waals surface area contributed by atoms with E-state index in [1.165, 1.54) is 21.9 Å². The fourth-order valence-electron chi connectivity index (χ4n) is 8.23. The molecule has 0 radical (unpaired) electrons. The molecule has 5 heteroatoms. The topological polar surface area (TPSA) is 56.7 Å². The minimum Gasteiger partial charge on any atom is -0.456 e. The summed E-state index contributed by atoms with van der Waals surface area (Å²) in [5.41, 5.74) is 12.4. The van der Waals surface area contributed by atoms with E-state index in [2.05, 4.69) is 155 Å². The van der Waals surface area contributed by atoms with E-state index in [-0.39, 0.29) is 10.8 Å². The first kappa shape index (κ1) is 35.6. The Labute approximate surface area is 338 Å². The molecule has 58 heavy (non-hydrogen) atoms. The van der Waals surface area contributed by atoms with E-state index in [1.54, 1.807) is 0 Å². The molecular weight excluding hydrogens is 709 g/mol. The lowest BCUT2D eigenvalue weighted by molar-refractivity contribution is 0.591. The number of aromatic nitrogens is 4. The van der Waals surface area contributed by atoms with Crippen molar-refractivity contribution in [2.45, 2.75) is 52.4 Å². The molecule has 5 nitrogen and oxygen atoms in total. The minimum atomic E-state index is -0.0475. The minimum absolute atomic E-state index is 0.0475. The smallest absolute Gasteiger partial charge is 0.166 e. The lowest BCUT2D eigenvalue weighted by Gasteiger charge is -2.21. The molecule has 3 aromatic heterocycles. The summed E-state index contributed by atoms with van der Waals surface area (Å²) in [5, 5.41) is 4.59. The molecule has 0 amide bonds. The Morgan fingerprint density at radius 3 is 1.53 bits per heavy atom. The van der Waals surface area contributed by atoms with Gasteiger partial charge in [0.05, 0.1) is 16.7 Å². The average Bonchev–Trinajstić information content (AvgIpc) is 3.78. The van der Waals surface area contributed by atoms with Crippen molar-refractivity contribution < 1.29 is 4.42 Å². The van der Waals surface area contributed by atoms with Crippen LogP contribution in [-0.4, -0.2) is 19.5 Å². The van der Waals surface area contributed by atoms with E-state index in [4.69, 9.17) is 19.4 Å². The first-order valence-corrected chi connectivity index (χ1v) is 20.0. The van der Waals surface area contributed by atoms with Crippen LogP contribution in [0, 0.1) is 0 Å². The Kier molecular flexibility index (Phi) is 8.20. The van der Waals surface area contributed by atoms with Crippen LogP contribution in [0.25, 0.3) is 94.7 Å². The summed E-state index contributed by atoms with van der Waals surface area (Å²) in [5.74, 6) is 1.84. The van der Waals surface area contributed by atoms with Crippen molar-refractivity contribution in [1.29, 1.82) is 0 Å². The van der Waals surface area contributed by atoms with E-state index in [0.717, 1.165) is 66.5 Å². The number of hydrogen-bond acceptors (Lipinski definition) is 4.